The molecule has 1 aliphatic carbocycles. The molecular formula is C15H16F3N3O4. The lowest BCUT2D eigenvalue weighted by molar-refractivity contribution is -0.146. The molecule has 3 atom stereocenters. The first kappa shape index (κ1) is 18.7. The Hall–Kier alpha value is -2.62. The molecule has 1 saturated carbocycles. The maximum Gasteiger partial charge on any atom is 0.416 e. The molecule has 2 amide bonds. The number of esters is 1. The quantitative estimate of drug-likeness (QED) is 0.315. The van der Waals surface area contributed by atoms with Crippen molar-refractivity contribution in [3.8, 4) is 0 Å². The maximum atomic E-state index is 12.7. The van der Waals surface area contributed by atoms with Crippen molar-refractivity contribution >= 4 is 23.5 Å². The SMILES string of the molecule is CCOC(=O)[C@H]1[C@H](C(=O)NN)[C@H]1C(=O)Nc1cccc(C(F)(F)F)c1. The number of hydrazine groups is 1. The zero-order valence-corrected chi connectivity index (χ0v) is 13.1. The number of rotatable bonds is 5. The van der Waals surface area contributed by atoms with E-state index in [1.165, 1.54) is 6.07 Å². The number of nitrogens with two attached hydrogens (primary N) is 1. The van der Waals surface area contributed by atoms with Gasteiger partial charge >= 0.3 is 12.1 Å². The molecule has 4 N–H and O–H groups in total. The Morgan fingerprint density at radius 3 is 2.36 bits per heavy atom. The normalized spacial score (nSPS) is 22.0. The van der Waals surface area contributed by atoms with Gasteiger partial charge in [0.25, 0.3) is 0 Å². The van der Waals surface area contributed by atoms with E-state index in [-0.39, 0.29) is 12.3 Å². The minimum atomic E-state index is -4.56. The molecule has 0 heterocycles. The molecule has 136 valence electrons. The first-order valence-electron chi connectivity index (χ1n) is 7.36. The fourth-order valence-electron chi connectivity index (χ4n) is 2.59. The van der Waals surface area contributed by atoms with Gasteiger partial charge in [-0.3, -0.25) is 19.8 Å². The van der Waals surface area contributed by atoms with Crippen molar-refractivity contribution in [2.45, 2.75) is 13.1 Å². The monoisotopic (exact) mass is 359 g/mol. The van der Waals surface area contributed by atoms with Crippen molar-refractivity contribution in [1.29, 1.82) is 0 Å². The Kier molecular flexibility index (Phi) is 5.31. The number of anilines is 1. The highest BCUT2D eigenvalue weighted by molar-refractivity contribution is 6.05. The van der Waals surface area contributed by atoms with E-state index in [0.29, 0.717) is 0 Å². The Bertz CT molecular complexity index is 693. The average Bonchev–Trinajstić information content (AvgIpc) is 3.29. The van der Waals surface area contributed by atoms with Crippen molar-refractivity contribution in [1.82, 2.24) is 5.43 Å². The second kappa shape index (κ2) is 7.09. The summed E-state index contributed by atoms with van der Waals surface area (Å²) in [6.07, 6.45) is -4.56. The summed E-state index contributed by atoms with van der Waals surface area (Å²) >= 11 is 0. The van der Waals surface area contributed by atoms with Crippen LogP contribution < -0.4 is 16.6 Å². The van der Waals surface area contributed by atoms with E-state index in [9.17, 15) is 27.6 Å². The molecule has 1 aromatic rings. The number of hydrogen-bond acceptors (Lipinski definition) is 5. The van der Waals surface area contributed by atoms with Gasteiger partial charge in [0.2, 0.25) is 11.8 Å². The second-order valence-electron chi connectivity index (χ2n) is 5.41. The maximum absolute atomic E-state index is 12.7. The predicted molar refractivity (Wildman–Crippen MR) is 79.5 cm³/mol. The number of benzene rings is 1. The molecule has 1 aromatic carbocycles. The van der Waals surface area contributed by atoms with Crippen molar-refractivity contribution in [3.63, 3.8) is 0 Å². The zero-order valence-electron chi connectivity index (χ0n) is 13.1. The molecule has 0 saturated heterocycles. The number of carbonyl (C=O) groups excluding carboxylic acids is 3. The Morgan fingerprint density at radius 2 is 1.80 bits per heavy atom. The van der Waals surface area contributed by atoms with Gasteiger partial charge in [-0.25, -0.2) is 5.84 Å². The van der Waals surface area contributed by atoms with E-state index in [1.807, 2.05) is 5.43 Å². The van der Waals surface area contributed by atoms with Crippen LogP contribution in [0.15, 0.2) is 24.3 Å². The van der Waals surface area contributed by atoms with Crippen LogP contribution in [0.2, 0.25) is 0 Å². The van der Waals surface area contributed by atoms with Gasteiger partial charge in [0, 0.05) is 5.69 Å². The summed E-state index contributed by atoms with van der Waals surface area (Å²) in [6.45, 7) is 1.63. The van der Waals surface area contributed by atoms with Gasteiger partial charge in [-0.05, 0) is 25.1 Å². The van der Waals surface area contributed by atoms with Gasteiger partial charge in [-0.15, -0.1) is 0 Å². The number of amides is 2. The highest BCUT2D eigenvalue weighted by Crippen LogP contribution is 2.48. The van der Waals surface area contributed by atoms with Crippen LogP contribution in [0.4, 0.5) is 18.9 Å². The summed E-state index contributed by atoms with van der Waals surface area (Å²) in [4.78, 5) is 35.8. The number of halogens is 3. The fraction of sp³-hybridized carbons (Fsp3) is 0.400. The summed E-state index contributed by atoms with van der Waals surface area (Å²) in [5, 5.41) is 2.28. The molecule has 7 nitrogen and oxygen atoms in total. The van der Waals surface area contributed by atoms with Crippen LogP contribution in [0, 0.1) is 17.8 Å². The van der Waals surface area contributed by atoms with E-state index in [1.54, 1.807) is 6.92 Å². The molecule has 10 heteroatoms. The second-order valence-corrected chi connectivity index (χ2v) is 5.41. The van der Waals surface area contributed by atoms with Crippen LogP contribution in [0.1, 0.15) is 12.5 Å². The van der Waals surface area contributed by atoms with Crippen LogP contribution in [-0.4, -0.2) is 24.4 Å². The van der Waals surface area contributed by atoms with Crippen LogP contribution in [0.3, 0.4) is 0 Å². The largest absolute Gasteiger partial charge is 0.466 e. The number of hydrogen-bond donors (Lipinski definition) is 3. The Morgan fingerprint density at radius 1 is 1.16 bits per heavy atom. The van der Waals surface area contributed by atoms with Gasteiger partial charge in [0.15, 0.2) is 0 Å². The summed E-state index contributed by atoms with van der Waals surface area (Å²) in [5.74, 6) is -0.287. The summed E-state index contributed by atoms with van der Waals surface area (Å²) in [5.41, 5.74) is 0.829. The molecule has 1 fully saturated rings. The third kappa shape index (κ3) is 4.08. The standard InChI is InChI=1S/C15H16F3N3O4/c1-2-25-14(24)11-9(10(11)13(23)21-19)12(22)20-8-5-3-4-7(6-8)15(16,17)18/h3-6,9-11H,2,19H2,1H3,(H,20,22)(H,21,23)/t9-,10-,11-/m1/s1. The molecule has 0 aromatic heterocycles. The van der Waals surface area contributed by atoms with Gasteiger partial charge in [-0.2, -0.15) is 13.2 Å². The summed E-state index contributed by atoms with van der Waals surface area (Å²) in [7, 11) is 0. The first-order chi connectivity index (χ1) is 11.7. The minimum Gasteiger partial charge on any atom is -0.466 e. The van der Waals surface area contributed by atoms with Crippen LogP contribution in [-0.2, 0) is 25.3 Å². The Labute approximate surface area is 140 Å². The van der Waals surface area contributed by atoms with E-state index in [2.05, 4.69) is 5.32 Å². The topological polar surface area (TPSA) is 111 Å². The molecule has 0 bridgehead atoms. The number of nitrogens with one attached hydrogen (secondary N) is 2. The van der Waals surface area contributed by atoms with Gasteiger partial charge in [0.05, 0.1) is 29.9 Å². The molecule has 0 radical (unpaired) electrons. The molecule has 2 rings (SSSR count). The lowest BCUT2D eigenvalue weighted by atomic mass is 10.2. The predicted octanol–water partition coefficient (Wildman–Crippen LogP) is 1.06. The van der Waals surface area contributed by atoms with E-state index >= 15 is 0 Å². The highest BCUT2D eigenvalue weighted by Gasteiger charge is 2.63. The number of carbonyl (C=O) groups is 3. The van der Waals surface area contributed by atoms with Crippen LogP contribution >= 0.6 is 0 Å². The van der Waals surface area contributed by atoms with Gasteiger partial charge < -0.3 is 10.1 Å². The van der Waals surface area contributed by atoms with Crippen LogP contribution in [0.25, 0.3) is 0 Å². The molecule has 0 spiro atoms. The van der Waals surface area contributed by atoms with Gasteiger partial charge in [-0.1, -0.05) is 6.07 Å². The Balaban J connectivity index is 2.14. The lowest BCUT2D eigenvalue weighted by Crippen LogP contribution is -2.33. The van der Waals surface area contributed by atoms with Crippen molar-refractivity contribution in [3.05, 3.63) is 29.8 Å². The smallest absolute Gasteiger partial charge is 0.416 e. The van der Waals surface area contributed by atoms with Crippen molar-refractivity contribution < 1.29 is 32.3 Å². The summed E-state index contributed by atoms with van der Waals surface area (Å²) in [6, 6.07) is 4.03. The fourth-order valence-corrected chi connectivity index (χ4v) is 2.59. The number of ether oxygens (including phenoxy) is 1. The van der Waals surface area contributed by atoms with Crippen LogP contribution in [0.5, 0.6) is 0 Å². The minimum absolute atomic E-state index is 0.0638. The third-order valence-corrected chi connectivity index (χ3v) is 3.78. The lowest BCUT2D eigenvalue weighted by Gasteiger charge is -2.10. The zero-order chi connectivity index (χ0) is 18.8. The molecule has 1 aliphatic rings. The first-order valence-corrected chi connectivity index (χ1v) is 7.36. The number of alkyl halides is 3. The van der Waals surface area contributed by atoms with E-state index in [4.69, 9.17) is 10.6 Å². The van der Waals surface area contributed by atoms with Gasteiger partial charge in [0.1, 0.15) is 0 Å². The van der Waals surface area contributed by atoms with Crippen molar-refractivity contribution in [2.75, 3.05) is 11.9 Å². The van der Waals surface area contributed by atoms with E-state index in [0.717, 1.165) is 18.2 Å². The summed E-state index contributed by atoms with van der Waals surface area (Å²) < 4.78 is 42.9. The van der Waals surface area contributed by atoms with Crippen molar-refractivity contribution in [2.24, 2.45) is 23.6 Å². The molecule has 25 heavy (non-hydrogen) atoms. The molecule has 0 unspecified atom stereocenters. The third-order valence-electron chi connectivity index (χ3n) is 3.78. The van der Waals surface area contributed by atoms with E-state index < -0.39 is 47.3 Å². The highest BCUT2D eigenvalue weighted by atomic mass is 19.4. The molecular weight excluding hydrogens is 343 g/mol. The average molecular weight is 359 g/mol. The molecule has 0 aliphatic heterocycles.